The number of nitrogens with one attached hydrogen (secondary N) is 1. The molecule has 0 spiro atoms. The third-order valence-corrected chi connectivity index (χ3v) is 6.78. The van der Waals surface area contributed by atoms with Gasteiger partial charge in [-0.15, -0.1) is 0 Å². The van der Waals surface area contributed by atoms with Crippen LogP contribution in [-0.4, -0.2) is 28.6 Å². The Kier molecular flexibility index (Phi) is 7.82. The van der Waals surface area contributed by atoms with Crippen LogP contribution in [-0.2, 0) is 16.1 Å². The van der Waals surface area contributed by atoms with Crippen LogP contribution >= 0.6 is 23.4 Å². The van der Waals surface area contributed by atoms with E-state index in [1.165, 1.54) is 4.90 Å². The zero-order chi connectivity index (χ0) is 25.8. The molecule has 0 radical (unpaired) electrons. The van der Waals surface area contributed by atoms with E-state index in [0.717, 1.165) is 39.7 Å². The number of carbonyl (C=O) groups excluding carboxylic acids is 3. The van der Waals surface area contributed by atoms with Gasteiger partial charge in [-0.1, -0.05) is 59.6 Å². The second kappa shape index (κ2) is 11.0. The lowest BCUT2D eigenvalue weighted by Gasteiger charge is -2.12. The van der Waals surface area contributed by atoms with E-state index < -0.39 is 0 Å². The molecular weight excluding hydrogens is 496 g/mol. The minimum absolute atomic E-state index is 0.204. The molecule has 36 heavy (non-hydrogen) atoms. The minimum Gasteiger partial charge on any atom is -0.482 e. The first-order valence-electron chi connectivity index (χ1n) is 11.3. The molecule has 4 rings (SSSR count). The lowest BCUT2D eigenvalue weighted by Crippen LogP contribution is -2.27. The van der Waals surface area contributed by atoms with Crippen molar-refractivity contribution in [2.45, 2.75) is 27.3 Å². The molecule has 1 aliphatic rings. The summed E-state index contributed by atoms with van der Waals surface area (Å²) in [6, 6.07) is 18.5. The molecule has 1 N–H and O–H groups in total. The molecule has 184 valence electrons. The van der Waals surface area contributed by atoms with E-state index in [4.69, 9.17) is 16.3 Å². The highest BCUT2D eigenvalue weighted by molar-refractivity contribution is 8.18. The molecule has 8 heteroatoms. The van der Waals surface area contributed by atoms with Crippen LogP contribution in [0.2, 0.25) is 5.02 Å². The lowest BCUT2D eigenvalue weighted by atomic mass is 10.1. The monoisotopic (exact) mass is 520 g/mol. The third kappa shape index (κ3) is 6.17. The van der Waals surface area contributed by atoms with Gasteiger partial charge < -0.3 is 10.1 Å². The van der Waals surface area contributed by atoms with Gasteiger partial charge in [0.2, 0.25) is 0 Å². The fourth-order valence-corrected chi connectivity index (χ4v) is 4.79. The van der Waals surface area contributed by atoms with Gasteiger partial charge in [-0.25, -0.2) is 0 Å². The van der Waals surface area contributed by atoms with Gasteiger partial charge in [0.05, 0.1) is 16.5 Å². The van der Waals surface area contributed by atoms with E-state index in [1.54, 1.807) is 24.3 Å². The molecule has 3 aromatic carbocycles. The minimum atomic E-state index is -0.342. The Morgan fingerprint density at radius 1 is 1.03 bits per heavy atom. The molecule has 1 aliphatic heterocycles. The summed E-state index contributed by atoms with van der Waals surface area (Å²) in [7, 11) is 0. The zero-order valence-electron chi connectivity index (χ0n) is 20.1. The van der Waals surface area contributed by atoms with Crippen molar-refractivity contribution in [2.75, 3.05) is 11.9 Å². The van der Waals surface area contributed by atoms with Crippen molar-refractivity contribution in [1.82, 2.24) is 4.90 Å². The normalized spacial score (nSPS) is 14.4. The predicted octanol–water partition coefficient (Wildman–Crippen LogP) is 6.52. The number of hydrogen-bond acceptors (Lipinski definition) is 5. The Hall–Kier alpha value is -3.55. The van der Waals surface area contributed by atoms with Crippen LogP contribution in [0.5, 0.6) is 5.75 Å². The smallest absolute Gasteiger partial charge is 0.293 e. The fourth-order valence-electron chi connectivity index (χ4n) is 3.70. The summed E-state index contributed by atoms with van der Waals surface area (Å²) in [6.07, 6.45) is 1.63. The van der Waals surface area contributed by atoms with Crippen LogP contribution in [0.25, 0.3) is 6.08 Å². The van der Waals surface area contributed by atoms with Gasteiger partial charge in [0, 0.05) is 5.69 Å². The number of hydrogen-bond donors (Lipinski definition) is 1. The summed E-state index contributed by atoms with van der Waals surface area (Å²) in [5.74, 6) is -0.297. The summed E-state index contributed by atoms with van der Waals surface area (Å²) in [4.78, 5) is 39.2. The van der Waals surface area contributed by atoms with Crippen LogP contribution in [0.1, 0.15) is 27.8 Å². The van der Waals surface area contributed by atoms with Gasteiger partial charge in [-0.05, 0) is 79.1 Å². The van der Waals surface area contributed by atoms with E-state index in [2.05, 4.69) is 5.32 Å². The van der Waals surface area contributed by atoms with E-state index in [1.807, 2.05) is 63.2 Å². The average molecular weight is 521 g/mol. The number of aryl methyl sites for hydroxylation is 3. The van der Waals surface area contributed by atoms with Gasteiger partial charge >= 0.3 is 0 Å². The Labute approximate surface area is 219 Å². The van der Waals surface area contributed by atoms with Crippen molar-refractivity contribution < 1.29 is 19.1 Å². The maximum atomic E-state index is 12.8. The van der Waals surface area contributed by atoms with Gasteiger partial charge in [0.15, 0.2) is 6.61 Å². The number of amides is 3. The molecular formula is C28H25ClN2O4S. The van der Waals surface area contributed by atoms with Crippen molar-refractivity contribution in [1.29, 1.82) is 0 Å². The Balaban J connectivity index is 1.39. The van der Waals surface area contributed by atoms with Crippen LogP contribution < -0.4 is 10.1 Å². The molecule has 3 amide bonds. The molecule has 0 saturated carbocycles. The van der Waals surface area contributed by atoms with Gasteiger partial charge in [-0.2, -0.15) is 0 Å². The van der Waals surface area contributed by atoms with Gasteiger partial charge in [-0.3, -0.25) is 19.3 Å². The molecule has 1 heterocycles. The molecule has 0 atom stereocenters. The summed E-state index contributed by atoms with van der Waals surface area (Å²) in [6.45, 7) is 5.86. The Bertz CT molecular complexity index is 1390. The topological polar surface area (TPSA) is 75.7 Å². The number of imide groups is 1. The molecule has 0 aromatic heterocycles. The quantitative estimate of drug-likeness (QED) is 0.359. The first-order chi connectivity index (χ1) is 17.2. The molecule has 1 fully saturated rings. The van der Waals surface area contributed by atoms with Crippen LogP contribution in [0.15, 0.2) is 65.6 Å². The number of anilines is 1. The Morgan fingerprint density at radius 3 is 2.56 bits per heavy atom. The average Bonchev–Trinajstić information content (AvgIpc) is 3.08. The maximum absolute atomic E-state index is 12.8. The van der Waals surface area contributed by atoms with Gasteiger partial charge in [0.25, 0.3) is 17.1 Å². The first kappa shape index (κ1) is 25.5. The fraction of sp³-hybridized carbons (Fsp3) is 0.179. The lowest BCUT2D eigenvalue weighted by molar-refractivity contribution is -0.123. The van der Waals surface area contributed by atoms with Crippen LogP contribution in [0.3, 0.4) is 0 Å². The number of benzene rings is 3. The van der Waals surface area contributed by atoms with E-state index in [9.17, 15) is 14.4 Å². The van der Waals surface area contributed by atoms with Gasteiger partial charge in [0.1, 0.15) is 5.75 Å². The van der Waals surface area contributed by atoms with E-state index >= 15 is 0 Å². The molecule has 6 nitrogen and oxygen atoms in total. The number of halogens is 1. The highest BCUT2D eigenvalue weighted by Crippen LogP contribution is 2.34. The number of rotatable bonds is 7. The Morgan fingerprint density at radius 2 is 1.81 bits per heavy atom. The predicted molar refractivity (Wildman–Crippen MR) is 144 cm³/mol. The van der Waals surface area contributed by atoms with Crippen LogP contribution in [0, 0.1) is 20.8 Å². The highest BCUT2D eigenvalue weighted by atomic mass is 35.5. The number of nitrogens with zero attached hydrogens (tertiary/aromatic N) is 1. The summed E-state index contributed by atoms with van der Waals surface area (Å²) in [5.41, 5.74) is 5.34. The maximum Gasteiger partial charge on any atom is 0.293 e. The third-order valence-electron chi connectivity index (χ3n) is 5.58. The molecule has 0 unspecified atom stereocenters. The SMILES string of the molecule is Cc1cccc(CN2C(=O)S/C(=C\c3ccc(OCC(=O)Nc4cc(C)ccc4C)c(Cl)c3)C2=O)c1. The summed E-state index contributed by atoms with van der Waals surface area (Å²) >= 11 is 7.26. The summed E-state index contributed by atoms with van der Waals surface area (Å²) in [5, 5.41) is 2.82. The molecule has 1 saturated heterocycles. The largest absolute Gasteiger partial charge is 0.482 e. The number of thioether (sulfide) groups is 1. The molecule has 0 aliphatic carbocycles. The molecule has 0 bridgehead atoms. The first-order valence-corrected chi connectivity index (χ1v) is 12.5. The molecule has 3 aromatic rings. The van der Waals surface area contributed by atoms with E-state index in [-0.39, 0.29) is 30.2 Å². The number of carbonyl (C=O) groups is 3. The second-order valence-corrected chi connectivity index (χ2v) is 10.0. The van der Waals surface area contributed by atoms with Crippen molar-refractivity contribution in [3.63, 3.8) is 0 Å². The second-order valence-electron chi connectivity index (χ2n) is 8.60. The number of ether oxygens (including phenoxy) is 1. The van der Waals surface area contributed by atoms with Crippen molar-refractivity contribution in [3.8, 4) is 5.75 Å². The van der Waals surface area contributed by atoms with Crippen molar-refractivity contribution in [2.24, 2.45) is 0 Å². The standard InChI is InChI=1S/C28H25ClN2O4S/c1-17-5-4-6-21(11-17)15-31-27(33)25(36-28(31)34)14-20-9-10-24(22(29)13-20)35-16-26(32)30-23-12-18(2)7-8-19(23)3/h4-14H,15-16H2,1-3H3,(H,30,32)/b25-14-. The summed E-state index contributed by atoms with van der Waals surface area (Å²) < 4.78 is 5.60. The van der Waals surface area contributed by atoms with Crippen molar-refractivity contribution in [3.05, 3.63) is 98.4 Å². The van der Waals surface area contributed by atoms with Crippen molar-refractivity contribution >= 4 is 52.2 Å². The van der Waals surface area contributed by atoms with Crippen LogP contribution in [0.4, 0.5) is 10.5 Å². The zero-order valence-corrected chi connectivity index (χ0v) is 21.7. The highest BCUT2D eigenvalue weighted by Gasteiger charge is 2.35. The van der Waals surface area contributed by atoms with E-state index in [0.29, 0.717) is 21.2 Å².